The van der Waals surface area contributed by atoms with E-state index in [2.05, 4.69) is 31.3 Å². The third kappa shape index (κ3) is 19.9. The van der Waals surface area contributed by atoms with Crippen LogP contribution in [0.4, 0.5) is 0 Å². The van der Waals surface area contributed by atoms with E-state index in [0.717, 1.165) is 44.9 Å². The minimum Gasteiger partial charge on any atom is -0.387 e. The lowest BCUT2D eigenvalue weighted by Crippen LogP contribution is -2.50. The van der Waals surface area contributed by atoms with Crippen molar-refractivity contribution >= 4 is 16.0 Å². The summed E-state index contributed by atoms with van der Waals surface area (Å²) in [7, 11) is -4.42. The van der Waals surface area contributed by atoms with Gasteiger partial charge in [-0.2, -0.15) is 8.42 Å². The van der Waals surface area contributed by atoms with E-state index in [1.165, 1.54) is 31.8 Å². The second kappa shape index (κ2) is 20.2. The molecule has 0 heterocycles. The first-order chi connectivity index (χ1) is 15.7. The van der Waals surface area contributed by atoms with Crippen molar-refractivity contribution in [3.63, 3.8) is 0 Å². The van der Waals surface area contributed by atoms with E-state index in [0.29, 0.717) is 12.8 Å². The molecule has 3 unspecified atom stereocenters. The Morgan fingerprint density at radius 1 is 0.818 bits per heavy atom. The number of hydrogen-bond acceptors (Lipinski definition) is 5. The molecular formula is C25H47NO6S. The summed E-state index contributed by atoms with van der Waals surface area (Å²) in [6.45, 7) is 4.31. The number of unbranched alkanes of at least 4 members (excludes halogenated alkanes) is 10. The molecule has 7 nitrogen and oxygen atoms in total. The van der Waals surface area contributed by atoms with Crippen LogP contribution in [0.3, 0.4) is 0 Å². The maximum atomic E-state index is 12.3. The zero-order chi connectivity index (χ0) is 25.0. The summed E-state index contributed by atoms with van der Waals surface area (Å²) in [5.74, 6) is -1.57. The highest BCUT2D eigenvalue weighted by Gasteiger charge is 2.27. The van der Waals surface area contributed by atoms with Crippen molar-refractivity contribution in [1.82, 2.24) is 5.32 Å². The Hall–Kier alpha value is -1.22. The highest BCUT2D eigenvalue weighted by molar-refractivity contribution is 7.85. The van der Waals surface area contributed by atoms with Crippen molar-refractivity contribution in [2.45, 2.75) is 122 Å². The van der Waals surface area contributed by atoms with Crippen LogP contribution in [0.25, 0.3) is 0 Å². The molecule has 0 saturated carbocycles. The van der Waals surface area contributed by atoms with Gasteiger partial charge in [-0.1, -0.05) is 102 Å². The van der Waals surface area contributed by atoms with Crippen molar-refractivity contribution in [3.05, 3.63) is 24.3 Å². The maximum absolute atomic E-state index is 12.3. The predicted octanol–water partition coefficient (Wildman–Crippen LogP) is 4.69. The fourth-order valence-electron chi connectivity index (χ4n) is 3.45. The summed E-state index contributed by atoms with van der Waals surface area (Å²) in [6.07, 6.45) is 18.5. The lowest BCUT2D eigenvalue weighted by atomic mass is 10.0. The Labute approximate surface area is 201 Å². The summed E-state index contributed by atoms with van der Waals surface area (Å²) in [5, 5.41) is 22.8. The van der Waals surface area contributed by atoms with E-state index in [1.807, 2.05) is 0 Å². The number of amides is 1. The molecule has 0 fully saturated rings. The Kier molecular flexibility index (Phi) is 19.4. The average molecular weight is 490 g/mol. The number of rotatable bonds is 21. The SMILES string of the molecule is CCCC/C=C/CC/C=C/C(O)C(CS(=O)(=O)O)NC(=O)C(O)CCCCCCCCCC. The zero-order valence-electron chi connectivity index (χ0n) is 20.6. The molecule has 3 atom stereocenters. The van der Waals surface area contributed by atoms with Crippen LogP contribution in [0.15, 0.2) is 24.3 Å². The molecular weight excluding hydrogens is 442 g/mol. The lowest BCUT2D eigenvalue weighted by Gasteiger charge is -2.22. The summed E-state index contributed by atoms with van der Waals surface area (Å²) in [6, 6.07) is -1.24. The minimum atomic E-state index is -4.42. The number of aliphatic hydroxyl groups excluding tert-OH is 2. The first kappa shape index (κ1) is 31.8. The molecule has 0 spiro atoms. The maximum Gasteiger partial charge on any atom is 0.267 e. The smallest absolute Gasteiger partial charge is 0.267 e. The number of hydrogen-bond donors (Lipinski definition) is 4. The molecule has 194 valence electrons. The molecule has 33 heavy (non-hydrogen) atoms. The van der Waals surface area contributed by atoms with E-state index in [1.54, 1.807) is 6.08 Å². The van der Waals surface area contributed by atoms with E-state index >= 15 is 0 Å². The van der Waals surface area contributed by atoms with Gasteiger partial charge < -0.3 is 15.5 Å². The van der Waals surface area contributed by atoms with E-state index in [-0.39, 0.29) is 6.42 Å². The van der Waals surface area contributed by atoms with Crippen LogP contribution in [0.5, 0.6) is 0 Å². The topological polar surface area (TPSA) is 124 Å². The minimum absolute atomic E-state index is 0.274. The number of carbonyl (C=O) groups is 1. The Morgan fingerprint density at radius 3 is 1.97 bits per heavy atom. The van der Waals surface area contributed by atoms with Crippen molar-refractivity contribution in [3.8, 4) is 0 Å². The molecule has 0 bridgehead atoms. The highest BCUT2D eigenvalue weighted by atomic mass is 32.2. The fourth-order valence-corrected chi connectivity index (χ4v) is 4.19. The molecule has 0 aromatic carbocycles. The molecule has 0 radical (unpaired) electrons. The second-order valence-electron chi connectivity index (χ2n) is 8.75. The zero-order valence-corrected chi connectivity index (χ0v) is 21.4. The van der Waals surface area contributed by atoms with Gasteiger partial charge in [0.1, 0.15) is 6.10 Å². The van der Waals surface area contributed by atoms with E-state index in [4.69, 9.17) is 0 Å². The third-order valence-corrected chi connectivity index (χ3v) is 6.27. The molecule has 4 N–H and O–H groups in total. The molecule has 0 saturated heterocycles. The van der Waals surface area contributed by atoms with Gasteiger partial charge in [0.25, 0.3) is 10.1 Å². The molecule has 0 aliphatic rings. The van der Waals surface area contributed by atoms with Gasteiger partial charge in [-0.25, -0.2) is 0 Å². The third-order valence-electron chi connectivity index (χ3n) is 5.49. The van der Waals surface area contributed by atoms with Crippen molar-refractivity contribution in [2.75, 3.05) is 5.75 Å². The molecule has 0 aliphatic heterocycles. The van der Waals surface area contributed by atoms with Gasteiger partial charge in [-0.05, 0) is 25.7 Å². The average Bonchev–Trinajstić information content (AvgIpc) is 2.75. The van der Waals surface area contributed by atoms with Gasteiger partial charge >= 0.3 is 0 Å². The summed E-state index contributed by atoms with van der Waals surface area (Å²) >= 11 is 0. The summed E-state index contributed by atoms with van der Waals surface area (Å²) < 4.78 is 31.9. The van der Waals surface area contributed by atoms with Gasteiger partial charge in [-0.15, -0.1) is 0 Å². The number of allylic oxidation sites excluding steroid dienone is 3. The lowest BCUT2D eigenvalue weighted by molar-refractivity contribution is -0.130. The summed E-state index contributed by atoms with van der Waals surface area (Å²) in [4.78, 5) is 12.3. The number of nitrogens with one attached hydrogen (secondary N) is 1. The van der Waals surface area contributed by atoms with Crippen LogP contribution in [0, 0.1) is 0 Å². The highest BCUT2D eigenvalue weighted by Crippen LogP contribution is 2.11. The number of carbonyl (C=O) groups excluding carboxylic acids is 1. The number of aliphatic hydroxyl groups is 2. The van der Waals surface area contributed by atoms with Crippen LogP contribution in [-0.2, 0) is 14.9 Å². The molecule has 0 aliphatic carbocycles. The van der Waals surface area contributed by atoms with Crippen molar-refractivity contribution in [2.24, 2.45) is 0 Å². The van der Waals surface area contributed by atoms with Crippen LogP contribution >= 0.6 is 0 Å². The fraction of sp³-hybridized carbons (Fsp3) is 0.800. The Balaban J connectivity index is 4.48. The first-order valence-corrected chi connectivity index (χ1v) is 14.3. The van der Waals surface area contributed by atoms with E-state index in [9.17, 15) is 28.0 Å². The van der Waals surface area contributed by atoms with Crippen molar-refractivity contribution in [1.29, 1.82) is 0 Å². The van der Waals surface area contributed by atoms with Crippen LogP contribution < -0.4 is 5.32 Å². The second-order valence-corrected chi connectivity index (χ2v) is 10.2. The first-order valence-electron chi connectivity index (χ1n) is 12.6. The predicted molar refractivity (Wildman–Crippen MR) is 135 cm³/mol. The summed E-state index contributed by atoms with van der Waals surface area (Å²) in [5.41, 5.74) is 0. The normalized spacial score (nSPS) is 15.2. The monoisotopic (exact) mass is 489 g/mol. The van der Waals surface area contributed by atoms with Gasteiger partial charge in [0.2, 0.25) is 5.91 Å². The molecule has 0 aromatic heterocycles. The standard InChI is InChI=1S/C25H47NO6S/c1-3-5-7-9-11-13-15-17-19-23(27)22(21-33(30,31)32)26-25(29)24(28)20-18-16-14-12-10-8-6-4-2/h9,11,17,19,22-24,27-28H,3-8,10,12-16,18,20-21H2,1-2H3,(H,26,29)(H,30,31,32)/b11-9+,19-17+. The van der Waals surface area contributed by atoms with Crippen LogP contribution in [-0.4, -0.2) is 53.1 Å². The molecule has 0 aromatic rings. The molecule has 1 amide bonds. The van der Waals surface area contributed by atoms with Gasteiger partial charge in [0.15, 0.2) is 0 Å². The Bertz CT molecular complexity index is 647. The van der Waals surface area contributed by atoms with Gasteiger partial charge in [-0.3, -0.25) is 9.35 Å². The Morgan fingerprint density at radius 2 is 1.36 bits per heavy atom. The van der Waals surface area contributed by atoms with Gasteiger partial charge in [0.05, 0.1) is 17.9 Å². The van der Waals surface area contributed by atoms with Crippen LogP contribution in [0.1, 0.15) is 104 Å². The van der Waals surface area contributed by atoms with Crippen molar-refractivity contribution < 1.29 is 28.0 Å². The quantitative estimate of drug-likeness (QED) is 0.105. The largest absolute Gasteiger partial charge is 0.387 e. The van der Waals surface area contributed by atoms with Crippen LogP contribution in [0.2, 0.25) is 0 Å². The molecule has 8 heteroatoms. The van der Waals surface area contributed by atoms with E-state index < -0.39 is 40.0 Å². The molecule has 0 rings (SSSR count). The van der Waals surface area contributed by atoms with Gasteiger partial charge in [0, 0.05) is 0 Å².